The van der Waals surface area contributed by atoms with Crippen molar-refractivity contribution in [1.29, 1.82) is 0 Å². The van der Waals surface area contributed by atoms with Crippen molar-refractivity contribution in [3.05, 3.63) is 32.6 Å². The average molecular weight is 356 g/mol. The van der Waals surface area contributed by atoms with Gasteiger partial charge in [0, 0.05) is 0 Å². The monoisotopic (exact) mass is 355 g/mol. The lowest BCUT2D eigenvalue weighted by Gasteiger charge is -2.09. The van der Waals surface area contributed by atoms with Crippen LogP contribution in [-0.2, 0) is 4.79 Å². The van der Waals surface area contributed by atoms with Crippen molar-refractivity contribution in [1.82, 2.24) is 4.90 Å². The van der Waals surface area contributed by atoms with Crippen molar-refractivity contribution in [2.45, 2.75) is 6.92 Å². The molecule has 1 fully saturated rings. The van der Waals surface area contributed by atoms with E-state index in [-0.39, 0.29) is 11.4 Å². The molecule has 0 bridgehead atoms. The third kappa shape index (κ3) is 3.41. The number of carbonyl (C=O) groups excluding carboxylic acids is 2. The lowest BCUT2D eigenvalue weighted by Crippen LogP contribution is -2.28. The van der Waals surface area contributed by atoms with Crippen molar-refractivity contribution >= 4 is 52.2 Å². The second-order valence-corrected chi connectivity index (χ2v) is 6.03. The van der Waals surface area contributed by atoms with Crippen LogP contribution < -0.4 is 4.74 Å². The standard InChI is InChI=1S/C15H11Cl2NO3S/c1-3-5-18-14(19)12(22-15(18)20)8-9-6-10(16)13(21-4-2)11(17)7-9/h1,6-8H,4-5H2,2H3/b12-8+. The molecule has 1 aliphatic rings. The van der Waals surface area contributed by atoms with Crippen LogP contribution in [0.1, 0.15) is 12.5 Å². The minimum Gasteiger partial charge on any atom is -0.491 e. The zero-order valence-electron chi connectivity index (χ0n) is 11.6. The predicted molar refractivity (Wildman–Crippen MR) is 89.1 cm³/mol. The quantitative estimate of drug-likeness (QED) is 0.603. The third-order valence-electron chi connectivity index (χ3n) is 2.73. The number of thioether (sulfide) groups is 1. The van der Waals surface area contributed by atoms with E-state index in [4.69, 9.17) is 34.4 Å². The van der Waals surface area contributed by atoms with E-state index in [0.29, 0.717) is 28.0 Å². The van der Waals surface area contributed by atoms with Gasteiger partial charge in [0.2, 0.25) is 0 Å². The molecule has 7 heteroatoms. The fourth-order valence-corrected chi connectivity index (χ4v) is 3.28. The van der Waals surface area contributed by atoms with Gasteiger partial charge >= 0.3 is 0 Å². The van der Waals surface area contributed by atoms with Crippen LogP contribution in [0.15, 0.2) is 17.0 Å². The van der Waals surface area contributed by atoms with Gasteiger partial charge in [-0.3, -0.25) is 14.5 Å². The number of benzene rings is 1. The second-order valence-electron chi connectivity index (χ2n) is 4.22. The largest absolute Gasteiger partial charge is 0.491 e. The van der Waals surface area contributed by atoms with Gasteiger partial charge in [0.25, 0.3) is 11.1 Å². The zero-order chi connectivity index (χ0) is 16.3. The van der Waals surface area contributed by atoms with Crippen LogP contribution in [0.2, 0.25) is 10.0 Å². The summed E-state index contributed by atoms with van der Waals surface area (Å²) in [6.45, 7) is 2.21. The number of carbonyl (C=O) groups is 2. The van der Waals surface area contributed by atoms with Crippen LogP contribution in [0.4, 0.5) is 4.79 Å². The molecule has 1 aliphatic heterocycles. The lowest BCUT2D eigenvalue weighted by atomic mass is 10.2. The SMILES string of the molecule is C#CCN1C(=O)S/C(=C/c2cc(Cl)c(OCC)c(Cl)c2)C1=O. The van der Waals surface area contributed by atoms with Crippen LogP contribution in [0.3, 0.4) is 0 Å². The Morgan fingerprint density at radius 2 is 2.00 bits per heavy atom. The zero-order valence-corrected chi connectivity index (χ0v) is 13.9. The van der Waals surface area contributed by atoms with Gasteiger partial charge < -0.3 is 4.74 Å². The molecule has 0 radical (unpaired) electrons. The van der Waals surface area contributed by atoms with E-state index in [1.54, 1.807) is 18.2 Å². The number of hydrogen-bond donors (Lipinski definition) is 0. The Bertz CT molecular complexity index is 686. The molecular formula is C15H11Cl2NO3S. The van der Waals surface area contributed by atoms with E-state index in [9.17, 15) is 9.59 Å². The summed E-state index contributed by atoms with van der Waals surface area (Å²) >= 11 is 13.0. The molecule has 0 atom stereocenters. The number of halogens is 2. The molecule has 114 valence electrons. The molecule has 2 rings (SSSR count). The van der Waals surface area contributed by atoms with Crippen LogP contribution in [0, 0.1) is 12.3 Å². The Hall–Kier alpha value is -1.61. The molecule has 1 aromatic carbocycles. The van der Waals surface area contributed by atoms with Crippen LogP contribution in [-0.4, -0.2) is 29.2 Å². The maximum absolute atomic E-state index is 12.1. The Balaban J connectivity index is 2.33. The summed E-state index contributed by atoms with van der Waals surface area (Å²) in [5.74, 6) is 2.25. The molecular weight excluding hydrogens is 345 g/mol. The van der Waals surface area contributed by atoms with Crippen molar-refractivity contribution < 1.29 is 14.3 Å². The van der Waals surface area contributed by atoms with E-state index < -0.39 is 11.1 Å². The van der Waals surface area contributed by atoms with E-state index in [2.05, 4.69) is 5.92 Å². The predicted octanol–water partition coefficient (Wildman–Crippen LogP) is 4.06. The molecule has 0 saturated carbocycles. The van der Waals surface area contributed by atoms with Crippen molar-refractivity contribution in [2.24, 2.45) is 0 Å². The highest BCUT2D eigenvalue weighted by molar-refractivity contribution is 8.18. The molecule has 0 unspecified atom stereocenters. The third-order valence-corrected chi connectivity index (χ3v) is 4.20. The smallest absolute Gasteiger partial charge is 0.294 e. The molecule has 0 spiro atoms. The first-order chi connectivity index (χ1) is 10.5. The minimum atomic E-state index is -0.422. The van der Waals surface area contributed by atoms with Crippen LogP contribution in [0.25, 0.3) is 6.08 Å². The first-order valence-corrected chi connectivity index (χ1v) is 7.85. The molecule has 1 saturated heterocycles. The number of hydrogen-bond acceptors (Lipinski definition) is 4. The molecule has 22 heavy (non-hydrogen) atoms. The van der Waals surface area contributed by atoms with Crippen molar-refractivity contribution in [3.63, 3.8) is 0 Å². The number of nitrogens with zero attached hydrogens (tertiary/aromatic N) is 1. The summed E-state index contributed by atoms with van der Waals surface area (Å²) in [6, 6.07) is 3.24. The number of ether oxygens (including phenoxy) is 1. The van der Waals surface area contributed by atoms with E-state index >= 15 is 0 Å². The van der Waals surface area contributed by atoms with Gasteiger partial charge in [0.15, 0.2) is 5.75 Å². The van der Waals surface area contributed by atoms with Crippen LogP contribution in [0.5, 0.6) is 5.75 Å². The minimum absolute atomic E-state index is 0.0488. The maximum atomic E-state index is 12.1. The first kappa shape index (κ1) is 16.8. The molecule has 0 aromatic heterocycles. The second kappa shape index (κ2) is 7.10. The molecule has 0 aliphatic carbocycles. The van der Waals surface area contributed by atoms with E-state index in [1.807, 2.05) is 6.92 Å². The van der Waals surface area contributed by atoms with Crippen molar-refractivity contribution in [3.8, 4) is 18.1 Å². The summed E-state index contributed by atoms with van der Waals surface area (Å²) in [5, 5.41) is 0.282. The molecule has 1 aromatic rings. The van der Waals surface area contributed by atoms with Crippen LogP contribution >= 0.6 is 35.0 Å². The number of imide groups is 1. The maximum Gasteiger partial charge on any atom is 0.294 e. The van der Waals surface area contributed by atoms with Gasteiger partial charge in [-0.05, 0) is 42.5 Å². The van der Waals surface area contributed by atoms with Crippen molar-refractivity contribution in [2.75, 3.05) is 13.2 Å². The molecule has 4 nitrogen and oxygen atoms in total. The summed E-state index contributed by atoms with van der Waals surface area (Å²) in [5.41, 5.74) is 0.602. The molecule has 0 N–H and O–H groups in total. The summed E-state index contributed by atoms with van der Waals surface area (Å²) < 4.78 is 5.34. The topological polar surface area (TPSA) is 46.6 Å². The lowest BCUT2D eigenvalue weighted by molar-refractivity contribution is -0.122. The highest BCUT2D eigenvalue weighted by Gasteiger charge is 2.34. The van der Waals surface area contributed by atoms with E-state index in [1.165, 1.54) is 0 Å². The Morgan fingerprint density at radius 3 is 2.55 bits per heavy atom. The van der Waals surface area contributed by atoms with Gasteiger partial charge in [-0.1, -0.05) is 29.1 Å². The summed E-state index contributed by atoms with van der Waals surface area (Å²) in [7, 11) is 0. The highest BCUT2D eigenvalue weighted by atomic mass is 35.5. The van der Waals surface area contributed by atoms with Gasteiger partial charge in [-0.25, -0.2) is 0 Å². The Labute approximate surface area is 142 Å². The number of terminal acetylenes is 1. The molecule has 2 amide bonds. The number of amides is 2. The Morgan fingerprint density at radius 1 is 1.36 bits per heavy atom. The first-order valence-electron chi connectivity index (χ1n) is 6.28. The summed E-state index contributed by atoms with van der Waals surface area (Å²) in [6.07, 6.45) is 6.69. The normalized spacial score (nSPS) is 16.3. The van der Waals surface area contributed by atoms with Gasteiger partial charge in [-0.2, -0.15) is 0 Å². The highest BCUT2D eigenvalue weighted by Crippen LogP contribution is 2.37. The van der Waals surface area contributed by atoms with Gasteiger partial charge in [0.1, 0.15) is 0 Å². The average Bonchev–Trinajstić information content (AvgIpc) is 2.71. The fraction of sp³-hybridized carbons (Fsp3) is 0.200. The fourth-order valence-electron chi connectivity index (χ4n) is 1.82. The van der Waals surface area contributed by atoms with E-state index in [0.717, 1.165) is 16.7 Å². The number of rotatable bonds is 4. The van der Waals surface area contributed by atoms with Gasteiger partial charge in [-0.15, -0.1) is 6.42 Å². The Kier molecular flexibility index (Phi) is 5.41. The van der Waals surface area contributed by atoms with Gasteiger partial charge in [0.05, 0.1) is 28.1 Å². The summed E-state index contributed by atoms with van der Waals surface area (Å²) in [4.78, 5) is 25.1. The molecule has 1 heterocycles.